The van der Waals surface area contributed by atoms with Crippen molar-refractivity contribution in [3.63, 3.8) is 0 Å². The highest BCUT2D eigenvalue weighted by molar-refractivity contribution is 5.78. The first kappa shape index (κ1) is 21.9. The zero-order chi connectivity index (χ0) is 21.7. The van der Waals surface area contributed by atoms with Gasteiger partial charge < -0.3 is 10.1 Å². The molecule has 3 rings (SSSR count). The maximum atomic E-state index is 12.7. The van der Waals surface area contributed by atoms with Gasteiger partial charge >= 0.3 is 6.18 Å². The standard InChI is InChI=1S/C22H26F3N3O2/c1-15-3-5-19(16(2)13-15)30-12-9-26-21(29)17-7-10-28(11-8-17)20-6-4-18(14-27-20)22(23,24)25/h3-6,13-14,17H,7-12H2,1-2H3,(H,26,29)/p+1. The minimum Gasteiger partial charge on any atom is -0.491 e. The molecule has 0 aliphatic carbocycles. The number of pyridine rings is 1. The van der Waals surface area contributed by atoms with Gasteiger partial charge in [0.25, 0.3) is 5.82 Å². The van der Waals surface area contributed by atoms with Crippen LogP contribution in [0.5, 0.6) is 5.75 Å². The van der Waals surface area contributed by atoms with Crippen LogP contribution in [-0.4, -0.2) is 32.1 Å². The minimum absolute atomic E-state index is 0.00437. The van der Waals surface area contributed by atoms with Crippen LogP contribution in [0.3, 0.4) is 0 Å². The Hall–Kier alpha value is -2.77. The van der Waals surface area contributed by atoms with Crippen molar-refractivity contribution < 1.29 is 27.7 Å². The number of hydrogen-bond acceptors (Lipinski definition) is 3. The molecule has 1 aliphatic rings. The first-order valence-corrected chi connectivity index (χ1v) is 10.1. The number of aromatic nitrogens is 1. The Bertz CT molecular complexity index is 861. The normalized spacial score (nSPS) is 15.2. The monoisotopic (exact) mass is 422 g/mol. The molecule has 0 saturated carbocycles. The van der Waals surface area contributed by atoms with E-state index in [2.05, 4.69) is 16.4 Å². The highest BCUT2D eigenvalue weighted by Crippen LogP contribution is 2.29. The number of benzene rings is 1. The van der Waals surface area contributed by atoms with E-state index in [4.69, 9.17) is 4.74 Å². The molecule has 0 radical (unpaired) electrons. The fourth-order valence-corrected chi connectivity index (χ4v) is 3.61. The molecule has 0 bridgehead atoms. The highest BCUT2D eigenvalue weighted by atomic mass is 19.4. The third kappa shape index (κ3) is 5.64. The first-order valence-electron chi connectivity index (χ1n) is 10.1. The van der Waals surface area contributed by atoms with Gasteiger partial charge in [-0.15, -0.1) is 0 Å². The molecule has 30 heavy (non-hydrogen) atoms. The number of aromatic amines is 1. The summed E-state index contributed by atoms with van der Waals surface area (Å²) in [6.45, 7) is 6.06. The molecule has 2 heterocycles. The summed E-state index contributed by atoms with van der Waals surface area (Å²) in [7, 11) is 0. The molecular formula is C22H27F3N3O2+. The number of alkyl halides is 3. The van der Waals surface area contributed by atoms with Crippen molar-refractivity contribution in [3.05, 3.63) is 53.2 Å². The molecule has 8 heteroatoms. The summed E-state index contributed by atoms with van der Waals surface area (Å²) < 4.78 is 43.8. The topological polar surface area (TPSA) is 55.7 Å². The summed E-state index contributed by atoms with van der Waals surface area (Å²) in [5.74, 6) is 1.34. The third-order valence-electron chi connectivity index (χ3n) is 5.32. The van der Waals surface area contributed by atoms with Crippen LogP contribution < -0.4 is 19.9 Å². The molecule has 0 atom stereocenters. The fourth-order valence-electron chi connectivity index (χ4n) is 3.61. The van der Waals surface area contributed by atoms with Crippen molar-refractivity contribution >= 4 is 11.7 Å². The van der Waals surface area contributed by atoms with Crippen LogP contribution >= 0.6 is 0 Å². The average Bonchev–Trinajstić information content (AvgIpc) is 2.72. The molecule has 1 saturated heterocycles. The predicted octanol–water partition coefficient (Wildman–Crippen LogP) is 3.55. The zero-order valence-corrected chi connectivity index (χ0v) is 17.2. The number of anilines is 1. The van der Waals surface area contributed by atoms with Crippen LogP contribution in [-0.2, 0) is 11.0 Å². The van der Waals surface area contributed by atoms with Crippen LogP contribution in [0.25, 0.3) is 0 Å². The molecule has 1 fully saturated rings. The number of amides is 1. The van der Waals surface area contributed by atoms with Crippen LogP contribution in [0, 0.1) is 19.8 Å². The Balaban J connectivity index is 1.40. The first-order chi connectivity index (χ1) is 14.2. The molecule has 0 spiro atoms. The van der Waals surface area contributed by atoms with Crippen molar-refractivity contribution in [2.45, 2.75) is 32.9 Å². The number of ether oxygens (including phenoxy) is 1. The van der Waals surface area contributed by atoms with Gasteiger partial charge in [0.2, 0.25) is 5.91 Å². The molecule has 1 amide bonds. The lowest BCUT2D eigenvalue weighted by Gasteiger charge is -2.27. The van der Waals surface area contributed by atoms with Gasteiger partial charge in [0.05, 0.1) is 25.2 Å². The van der Waals surface area contributed by atoms with Crippen LogP contribution in [0.15, 0.2) is 36.5 Å². The molecule has 1 aromatic carbocycles. The fraction of sp³-hybridized carbons (Fsp3) is 0.455. The summed E-state index contributed by atoms with van der Waals surface area (Å²) in [5.41, 5.74) is 1.53. The second-order valence-corrected chi connectivity index (χ2v) is 7.63. The van der Waals surface area contributed by atoms with E-state index in [9.17, 15) is 18.0 Å². The molecule has 5 nitrogen and oxygen atoms in total. The third-order valence-corrected chi connectivity index (χ3v) is 5.32. The van der Waals surface area contributed by atoms with Crippen molar-refractivity contribution in [3.8, 4) is 5.75 Å². The van der Waals surface area contributed by atoms with Gasteiger partial charge in [0.1, 0.15) is 18.6 Å². The van der Waals surface area contributed by atoms with E-state index in [1.165, 1.54) is 11.6 Å². The maximum absolute atomic E-state index is 12.7. The van der Waals surface area contributed by atoms with Gasteiger partial charge in [-0.1, -0.05) is 17.7 Å². The van der Waals surface area contributed by atoms with E-state index < -0.39 is 11.7 Å². The van der Waals surface area contributed by atoms with E-state index in [1.54, 1.807) is 0 Å². The number of hydrogen-bond donors (Lipinski definition) is 1. The van der Waals surface area contributed by atoms with Gasteiger partial charge in [-0.3, -0.25) is 9.69 Å². The van der Waals surface area contributed by atoms with E-state index in [1.807, 2.05) is 30.9 Å². The number of rotatable bonds is 6. The van der Waals surface area contributed by atoms with E-state index in [0.29, 0.717) is 44.9 Å². The number of halogens is 3. The summed E-state index contributed by atoms with van der Waals surface area (Å²) >= 11 is 0. The largest absolute Gasteiger partial charge is 0.491 e. The Morgan fingerprint density at radius 1 is 1.20 bits per heavy atom. The second-order valence-electron chi connectivity index (χ2n) is 7.63. The minimum atomic E-state index is -4.36. The quantitative estimate of drug-likeness (QED) is 0.725. The smallest absolute Gasteiger partial charge is 0.419 e. The molecule has 2 aromatic rings. The van der Waals surface area contributed by atoms with E-state index in [-0.39, 0.29) is 11.8 Å². The van der Waals surface area contributed by atoms with Gasteiger partial charge in [0.15, 0.2) is 0 Å². The number of aryl methyl sites for hydroxylation is 2. The number of carbonyl (C=O) groups excluding carboxylic acids is 1. The van der Waals surface area contributed by atoms with Crippen LogP contribution in [0.4, 0.5) is 19.0 Å². The van der Waals surface area contributed by atoms with Crippen molar-refractivity contribution in [1.82, 2.24) is 5.32 Å². The SMILES string of the molecule is Cc1ccc(OCCNC(=O)C2CCN(c3ccc(C(F)(F)F)c[nH+]3)CC2)c(C)c1. The lowest BCUT2D eigenvalue weighted by atomic mass is 9.96. The molecular weight excluding hydrogens is 395 g/mol. The van der Waals surface area contributed by atoms with Gasteiger partial charge in [-0.05, 0) is 44.4 Å². The highest BCUT2D eigenvalue weighted by Gasteiger charge is 2.33. The summed E-state index contributed by atoms with van der Waals surface area (Å²) in [6, 6.07) is 8.48. The predicted molar refractivity (Wildman–Crippen MR) is 107 cm³/mol. The Morgan fingerprint density at radius 3 is 2.53 bits per heavy atom. The molecule has 1 aromatic heterocycles. The van der Waals surface area contributed by atoms with E-state index >= 15 is 0 Å². The number of nitrogens with one attached hydrogen (secondary N) is 2. The second kappa shape index (κ2) is 9.36. The molecule has 2 N–H and O–H groups in total. The number of piperidine rings is 1. The molecule has 0 unspecified atom stereocenters. The lowest BCUT2D eigenvalue weighted by molar-refractivity contribution is -0.367. The van der Waals surface area contributed by atoms with Gasteiger partial charge in [0, 0.05) is 12.0 Å². The summed E-state index contributed by atoms with van der Waals surface area (Å²) in [4.78, 5) is 17.1. The molecule has 1 aliphatic heterocycles. The average molecular weight is 422 g/mol. The van der Waals surface area contributed by atoms with Crippen molar-refractivity contribution in [2.24, 2.45) is 5.92 Å². The number of nitrogens with zero attached hydrogens (tertiary/aromatic N) is 1. The van der Waals surface area contributed by atoms with Crippen LogP contribution in [0.2, 0.25) is 0 Å². The van der Waals surface area contributed by atoms with Crippen molar-refractivity contribution in [1.29, 1.82) is 0 Å². The maximum Gasteiger partial charge on any atom is 0.419 e. The summed E-state index contributed by atoms with van der Waals surface area (Å²) in [5, 5.41) is 2.92. The van der Waals surface area contributed by atoms with Crippen molar-refractivity contribution in [2.75, 3.05) is 31.1 Å². The Morgan fingerprint density at radius 2 is 1.93 bits per heavy atom. The van der Waals surface area contributed by atoms with E-state index in [0.717, 1.165) is 23.6 Å². The molecule has 162 valence electrons. The zero-order valence-electron chi connectivity index (χ0n) is 17.2. The Labute approximate surface area is 174 Å². The Kier molecular flexibility index (Phi) is 6.84. The summed E-state index contributed by atoms with van der Waals surface area (Å²) in [6.07, 6.45) is -2.08. The number of carbonyl (C=O) groups is 1. The van der Waals surface area contributed by atoms with Gasteiger partial charge in [-0.2, -0.15) is 13.2 Å². The van der Waals surface area contributed by atoms with Gasteiger partial charge in [-0.25, -0.2) is 4.98 Å². The number of H-pyrrole nitrogens is 1. The lowest BCUT2D eigenvalue weighted by Crippen LogP contribution is -2.43. The van der Waals surface area contributed by atoms with Crippen LogP contribution in [0.1, 0.15) is 29.5 Å².